The van der Waals surface area contributed by atoms with Gasteiger partial charge in [-0.15, -0.1) is 0 Å². The van der Waals surface area contributed by atoms with Gasteiger partial charge in [0.05, 0.1) is 13.2 Å². The Balaban J connectivity index is 2.06. The molecule has 1 unspecified atom stereocenters. The molecule has 1 fully saturated rings. The Bertz CT molecular complexity index is 475. The van der Waals surface area contributed by atoms with Gasteiger partial charge in [0.15, 0.2) is 17.3 Å². The highest BCUT2D eigenvalue weighted by Gasteiger charge is 2.23. The molecule has 0 saturated carbocycles. The van der Waals surface area contributed by atoms with E-state index in [1.54, 1.807) is 0 Å². The number of ketones is 1. The summed E-state index contributed by atoms with van der Waals surface area (Å²) in [6.07, 6.45) is 4.15. The lowest BCUT2D eigenvalue weighted by atomic mass is 10.1. The van der Waals surface area contributed by atoms with Crippen molar-refractivity contribution in [1.82, 2.24) is 4.90 Å². The lowest BCUT2D eigenvalue weighted by Gasteiger charge is -2.27. The predicted molar refractivity (Wildman–Crippen MR) is 75.0 cm³/mol. The predicted octanol–water partition coefficient (Wildman–Crippen LogP) is 1.52. The van der Waals surface area contributed by atoms with Crippen LogP contribution in [0.1, 0.15) is 36.0 Å². The normalized spacial score (nSPS) is 20.6. The van der Waals surface area contributed by atoms with Crippen molar-refractivity contribution in [2.75, 3.05) is 19.7 Å². The number of hydrogen-bond acceptors (Lipinski definition) is 5. The Hall–Kier alpha value is -1.59. The Labute approximate surface area is 118 Å². The molecule has 1 atom stereocenters. The summed E-state index contributed by atoms with van der Waals surface area (Å²) >= 11 is 0. The van der Waals surface area contributed by atoms with Crippen molar-refractivity contribution >= 4 is 5.78 Å². The minimum absolute atomic E-state index is 0.0344. The zero-order valence-electron chi connectivity index (χ0n) is 11.5. The average molecular weight is 279 g/mol. The standard InChI is InChI=1S/C15H21NO4/c17-10-12-4-2-1-3-7-16(12)9-15(20)11-5-6-13(18)14(19)8-11/h5-6,8,12,17-19H,1-4,7,9-10H2. The van der Waals surface area contributed by atoms with E-state index in [4.69, 9.17) is 0 Å². The van der Waals surface area contributed by atoms with E-state index in [0.717, 1.165) is 32.2 Å². The van der Waals surface area contributed by atoms with Gasteiger partial charge in [-0.25, -0.2) is 0 Å². The quantitative estimate of drug-likeness (QED) is 0.575. The highest BCUT2D eigenvalue weighted by Crippen LogP contribution is 2.25. The number of benzene rings is 1. The number of carbonyl (C=O) groups is 1. The van der Waals surface area contributed by atoms with Crippen LogP contribution >= 0.6 is 0 Å². The smallest absolute Gasteiger partial charge is 0.176 e. The minimum atomic E-state index is -0.287. The number of aromatic hydroxyl groups is 2. The number of phenolic OH excluding ortho intramolecular Hbond substituents is 2. The zero-order valence-corrected chi connectivity index (χ0v) is 11.5. The van der Waals surface area contributed by atoms with Gasteiger partial charge in [-0.1, -0.05) is 12.8 Å². The van der Waals surface area contributed by atoms with E-state index >= 15 is 0 Å². The molecule has 0 radical (unpaired) electrons. The van der Waals surface area contributed by atoms with E-state index in [1.807, 2.05) is 4.90 Å². The van der Waals surface area contributed by atoms with Crippen molar-refractivity contribution in [3.8, 4) is 11.5 Å². The summed E-state index contributed by atoms with van der Waals surface area (Å²) in [6.45, 7) is 1.10. The number of aliphatic hydroxyl groups excluding tert-OH is 1. The second kappa shape index (κ2) is 6.72. The van der Waals surface area contributed by atoms with Crippen LogP contribution in [-0.2, 0) is 0 Å². The number of rotatable bonds is 4. The number of hydrogen-bond donors (Lipinski definition) is 3. The van der Waals surface area contributed by atoms with E-state index in [1.165, 1.54) is 18.2 Å². The third-order valence-electron chi connectivity index (χ3n) is 3.85. The van der Waals surface area contributed by atoms with Crippen LogP contribution in [0, 0.1) is 0 Å². The molecule has 5 nitrogen and oxygen atoms in total. The van der Waals surface area contributed by atoms with Crippen LogP contribution < -0.4 is 0 Å². The fourth-order valence-corrected chi connectivity index (χ4v) is 2.62. The maximum Gasteiger partial charge on any atom is 0.176 e. The van der Waals surface area contributed by atoms with E-state index in [-0.39, 0.29) is 36.5 Å². The molecule has 1 saturated heterocycles. The first-order valence-electron chi connectivity index (χ1n) is 7.02. The van der Waals surface area contributed by atoms with Crippen LogP contribution in [0.5, 0.6) is 11.5 Å². The van der Waals surface area contributed by atoms with Gasteiger partial charge in [0.25, 0.3) is 0 Å². The maximum absolute atomic E-state index is 12.2. The molecule has 1 aromatic rings. The van der Waals surface area contributed by atoms with E-state index < -0.39 is 0 Å². The molecule has 2 rings (SSSR count). The van der Waals surface area contributed by atoms with Crippen LogP contribution in [-0.4, -0.2) is 51.7 Å². The van der Waals surface area contributed by atoms with Gasteiger partial charge in [0.1, 0.15) is 0 Å². The van der Waals surface area contributed by atoms with Crippen LogP contribution in [0.4, 0.5) is 0 Å². The lowest BCUT2D eigenvalue weighted by molar-refractivity contribution is 0.0826. The van der Waals surface area contributed by atoms with Crippen molar-refractivity contribution < 1.29 is 20.1 Å². The molecular formula is C15H21NO4. The number of nitrogens with zero attached hydrogens (tertiary/aromatic N) is 1. The molecule has 0 bridgehead atoms. The van der Waals surface area contributed by atoms with Gasteiger partial charge in [-0.2, -0.15) is 0 Å². The first-order valence-corrected chi connectivity index (χ1v) is 7.02. The Morgan fingerprint density at radius 1 is 1.20 bits per heavy atom. The van der Waals surface area contributed by atoms with Gasteiger partial charge < -0.3 is 15.3 Å². The average Bonchev–Trinajstić information content (AvgIpc) is 2.66. The number of Topliss-reactive ketones (excluding diaryl/α,β-unsaturated/α-hetero) is 1. The second-order valence-electron chi connectivity index (χ2n) is 5.28. The van der Waals surface area contributed by atoms with Gasteiger partial charge in [0, 0.05) is 11.6 Å². The number of phenols is 2. The summed E-state index contributed by atoms with van der Waals surface area (Å²) in [5.74, 6) is -0.629. The summed E-state index contributed by atoms with van der Waals surface area (Å²) in [5.41, 5.74) is 0.376. The highest BCUT2D eigenvalue weighted by atomic mass is 16.3. The molecule has 1 aromatic carbocycles. The second-order valence-corrected chi connectivity index (χ2v) is 5.28. The monoisotopic (exact) mass is 279 g/mol. The number of aliphatic hydroxyl groups is 1. The summed E-state index contributed by atoms with van der Waals surface area (Å²) in [4.78, 5) is 14.2. The molecule has 110 valence electrons. The molecular weight excluding hydrogens is 258 g/mol. The summed E-state index contributed by atoms with van der Waals surface area (Å²) < 4.78 is 0. The van der Waals surface area contributed by atoms with Crippen molar-refractivity contribution in [3.63, 3.8) is 0 Å². The van der Waals surface area contributed by atoms with Crippen LogP contribution in [0.15, 0.2) is 18.2 Å². The van der Waals surface area contributed by atoms with Crippen LogP contribution in [0.2, 0.25) is 0 Å². The van der Waals surface area contributed by atoms with E-state index in [2.05, 4.69) is 0 Å². The molecule has 3 N–H and O–H groups in total. The van der Waals surface area contributed by atoms with Crippen LogP contribution in [0.3, 0.4) is 0 Å². The number of carbonyl (C=O) groups excluding carboxylic acids is 1. The van der Waals surface area contributed by atoms with Crippen molar-refractivity contribution in [2.45, 2.75) is 31.7 Å². The van der Waals surface area contributed by atoms with Gasteiger partial charge >= 0.3 is 0 Å². The van der Waals surface area contributed by atoms with Crippen molar-refractivity contribution in [3.05, 3.63) is 23.8 Å². The van der Waals surface area contributed by atoms with Gasteiger partial charge in [-0.05, 0) is 37.6 Å². The zero-order chi connectivity index (χ0) is 14.5. The SMILES string of the molecule is O=C(CN1CCCCCC1CO)c1ccc(O)c(O)c1. The van der Waals surface area contributed by atoms with Gasteiger partial charge in [-0.3, -0.25) is 9.69 Å². The highest BCUT2D eigenvalue weighted by molar-refractivity contribution is 5.98. The molecule has 0 amide bonds. The topological polar surface area (TPSA) is 81.0 Å². The molecule has 0 aliphatic carbocycles. The first kappa shape index (κ1) is 14.8. The molecule has 0 aromatic heterocycles. The summed E-state index contributed by atoms with van der Waals surface area (Å²) in [5, 5.41) is 28.1. The van der Waals surface area contributed by atoms with E-state index in [9.17, 15) is 20.1 Å². The largest absolute Gasteiger partial charge is 0.504 e. The molecule has 5 heteroatoms. The molecule has 1 aliphatic heterocycles. The number of likely N-dealkylation sites (tertiary alicyclic amines) is 1. The molecule has 20 heavy (non-hydrogen) atoms. The van der Waals surface area contributed by atoms with Crippen molar-refractivity contribution in [2.24, 2.45) is 0 Å². The van der Waals surface area contributed by atoms with Crippen LogP contribution in [0.25, 0.3) is 0 Å². The fourth-order valence-electron chi connectivity index (χ4n) is 2.62. The third kappa shape index (κ3) is 3.49. The lowest BCUT2D eigenvalue weighted by Crippen LogP contribution is -2.40. The molecule has 0 spiro atoms. The van der Waals surface area contributed by atoms with Crippen molar-refractivity contribution in [1.29, 1.82) is 0 Å². The fraction of sp³-hybridized carbons (Fsp3) is 0.533. The Kier molecular flexibility index (Phi) is 4.98. The first-order chi connectivity index (χ1) is 9.61. The molecule has 1 heterocycles. The van der Waals surface area contributed by atoms with Gasteiger partial charge in [0.2, 0.25) is 0 Å². The van der Waals surface area contributed by atoms with E-state index in [0.29, 0.717) is 5.56 Å². The maximum atomic E-state index is 12.2. The Morgan fingerprint density at radius 2 is 2.00 bits per heavy atom. The molecule has 1 aliphatic rings. The summed E-state index contributed by atoms with van der Waals surface area (Å²) in [6, 6.07) is 4.13. The summed E-state index contributed by atoms with van der Waals surface area (Å²) in [7, 11) is 0. The Morgan fingerprint density at radius 3 is 2.70 bits per heavy atom. The third-order valence-corrected chi connectivity index (χ3v) is 3.85. The minimum Gasteiger partial charge on any atom is -0.504 e.